The van der Waals surface area contributed by atoms with Crippen LogP contribution in [0.1, 0.15) is 5.56 Å². The van der Waals surface area contributed by atoms with E-state index >= 15 is 0 Å². The Morgan fingerprint density at radius 3 is 2.32 bits per heavy atom. The van der Waals surface area contributed by atoms with Crippen LogP contribution in [-0.2, 0) is 6.54 Å². The van der Waals surface area contributed by atoms with Gasteiger partial charge in [-0.25, -0.2) is 0 Å². The highest BCUT2D eigenvalue weighted by atomic mass is 16.5. The average Bonchev–Trinajstić information content (AvgIpc) is 2.49. The van der Waals surface area contributed by atoms with Crippen LogP contribution < -0.4 is 15.4 Å². The van der Waals surface area contributed by atoms with E-state index in [1.165, 1.54) is 5.56 Å². The molecular weight excluding hydrogens is 236 g/mol. The van der Waals surface area contributed by atoms with E-state index in [1.54, 1.807) is 7.11 Å². The van der Waals surface area contributed by atoms with Crippen LogP contribution in [0.4, 0.5) is 5.69 Å². The molecule has 0 aromatic heterocycles. The second kappa shape index (κ2) is 7.44. The van der Waals surface area contributed by atoms with Crippen LogP contribution in [0, 0.1) is 0 Å². The zero-order valence-electron chi connectivity index (χ0n) is 11.2. The van der Waals surface area contributed by atoms with E-state index in [9.17, 15) is 0 Å². The van der Waals surface area contributed by atoms with Gasteiger partial charge >= 0.3 is 0 Å². The summed E-state index contributed by atoms with van der Waals surface area (Å²) < 4.78 is 5.13. The minimum absolute atomic E-state index is 0.875. The fourth-order valence-corrected chi connectivity index (χ4v) is 1.83. The monoisotopic (exact) mass is 256 g/mol. The lowest BCUT2D eigenvalue weighted by atomic mass is 10.2. The summed E-state index contributed by atoms with van der Waals surface area (Å²) in [7, 11) is 1.68. The second-order valence-corrected chi connectivity index (χ2v) is 4.32. The van der Waals surface area contributed by atoms with Gasteiger partial charge in [0, 0.05) is 25.3 Å². The Balaban J connectivity index is 1.63. The first-order chi connectivity index (χ1) is 9.38. The van der Waals surface area contributed by atoms with Gasteiger partial charge in [-0.15, -0.1) is 0 Å². The number of ether oxygens (including phenoxy) is 1. The Morgan fingerprint density at radius 2 is 1.63 bits per heavy atom. The van der Waals surface area contributed by atoms with Crippen molar-refractivity contribution in [1.29, 1.82) is 0 Å². The summed E-state index contributed by atoms with van der Waals surface area (Å²) in [5.74, 6) is 0.898. The van der Waals surface area contributed by atoms with E-state index in [-0.39, 0.29) is 0 Å². The van der Waals surface area contributed by atoms with E-state index in [2.05, 4.69) is 34.9 Å². The summed E-state index contributed by atoms with van der Waals surface area (Å²) in [5.41, 5.74) is 2.43. The molecule has 0 amide bonds. The molecule has 2 aromatic rings. The van der Waals surface area contributed by atoms with Crippen LogP contribution in [0.2, 0.25) is 0 Å². The molecule has 0 atom stereocenters. The lowest BCUT2D eigenvalue weighted by molar-refractivity contribution is 0.414. The van der Waals surface area contributed by atoms with Crippen molar-refractivity contribution in [2.24, 2.45) is 0 Å². The number of para-hydroxylation sites is 1. The van der Waals surface area contributed by atoms with Crippen LogP contribution in [0.5, 0.6) is 5.75 Å². The molecule has 3 nitrogen and oxygen atoms in total. The minimum Gasteiger partial charge on any atom is -0.497 e. The summed E-state index contributed by atoms with van der Waals surface area (Å²) in [4.78, 5) is 0. The van der Waals surface area contributed by atoms with Crippen molar-refractivity contribution >= 4 is 5.69 Å². The topological polar surface area (TPSA) is 33.3 Å². The van der Waals surface area contributed by atoms with Crippen molar-refractivity contribution in [3.05, 3.63) is 60.2 Å². The maximum Gasteiger partial charge on any atom is 0.118 e. The molecule has 0 unspecified atom stereocenters. The van der Waals surface area contributed by atoms with E-state index in [1.807, 2.05) is 30.3 Å². The number of nitrogens with one attached hydrogen (secondary N) is 2. The van der Waals surface area contributed by atoms with Gasteiger partial charge in [0.25, 0.3) is 0 Å². The van der Waals surface area contributed by atoms with Crippen molar-refractivity contribution in [3.63, 3.8) is 0 Å². The van der Waals surface area contributed by atoms with Crippen molar-refractivity contribution < 1.29 is 4.74 Å². The van der Waals surface area contributed by atoms with Gasteiger partial charge in [-0.2, -0.15) is 0 Å². The fourth-order valence-electron chi connectivity index (χ4n) is 1.83. The van der Waals surface area contributed by atoms with Crippen molar-refractivity contribution in [3.8, 4) is 5.75 Å². The van der Waals surface area contributed by atoms with E-state index < -0.39 is 0 Å². The summed E-state index contributed by atoms with van der Waals surface area (Å²) in [6.07, 6.45) is 0. The van der Waals surface area contributed by atoms with Gasteiger partial charge < -0.3 is 15.4 Å². The highest BCUT2D eigenvalue weighted by molar-refractivity contribution is 5.42. The van der Waals surface area contributed by atoms with E-state index in [0.717, 1.165) is 31.1 Å². The smallest absolute Gasteiger partial charge is 0.118 e. The number of hydrogen-bond acceptors (Lipinski definition) is 3. The van der Waals surface area contributed by atoms with E-state index in [0.29, 0.717) is 0 Å². The van der Waals surface area contributed by atoms with Crippen LogP contribution in [0.25, 0.3) is 0 Å². The normalized spacial score (nSPS) is 10.2. The number of hydrogen-bond donors (Lipinski definition) is 2. The molecule has 0 aliphatic rings. The minimum atomic E-state index is 0.875. The van der Waals surface area contributed by atoms with Crippen molar-refractivity contribution in [1.82, 2.24) is 5.32 Å². The Morgan fingerprint density at radius 1 is 0.895 bits per heavy atom. The molecule has 0 radical (unpaired) electrons. The molecule has 0 spiro atoms. The highest BCUT2D eigenvalue weighted by Crippen LogP contribution is 2.10. The van der Waals surface area contributed by atoms with Crippen LogP contribution >= 0.6 is 0 Å². The third-order valence-corrected chi connectivity index (χ3v) is 2.89. The number of anilines is 1. The first-order valence-corrected chi connectivity index (χ1v) is 6.51. The lowest BCUT2D eigenvalue weighted by Gasteiger charge is -2.08. The first-order valence-electron chi connectivity index (χ1n) is 6.51. The summed E-state index contributed by atoms with van der Waals surface area (Å²) in [5, 5.41) is 6.77. The highest BCUT2D eigenvalue weighted by Gasteiger charge is 1.94. The van der Waals surface area contributed by atoms with Gasteiger partial charge in [0.15, 0.2) is 0 Å². The average molecular weight is 256 g/mol. The Labute approximate surface area is 114 Å². The standard InChI is InChI=1S/C16H20N2O/c1-19-16-9-7-14(8-10-16)13-17-11-12-18-15-5-3-2-4-6-15/h2-10,17-18H,11-13H2,1H3. The van der Waals surface area contributed by atoms with Gasteiger partial charge in [-0.05, 0) is 29.8 Å². The molecule has 2 N–H and O–H groups in total. The van der Waals surface area contributed by atoms with Gasteiger partial charge in [-0.1, -0.05) is 30.3 Å². The predicted octanol–water partition coefficient (Wildman–Crippen LogP) is 2.90. The van der Waals surface area contributed by atoms with Gasteiger partial charge in [0.2, 0.25) is 0 Å². The van der Waals surface area contributed by atoms with Crippen molar-refractivity contribution in [2.75, 3.05) is 25.5 Å². The molecule has 0 aliphatic heterocycles. The zero-order valence-corrected chi connectivity index (χ0v) is 11.2. The summed E-state index contributed by atoms with van der Waals surface area (Å²) in [6, 6.07) is 18.4. The molecule has 0 fully saturated rings. The van der Waals surface area contributed by atoms with Gasteiger partial charge in [-0.3, -0.25) is 0 Å². The molecular formula is C16H20N2O. The maximum atomic E-state index is 5.13. The SMILES string of the molecule is COc1ccc(CNCCNc2ccccc2)cc1. The van der Waals surface area contributed by atoms with Crippen LogP contribution in [0.15, 0.2) is 54.6 Å². The fraction of sp³-hybridized carbons (Fsp3) is 0.250. The molecule has 0 heterocycles. The van der Waals surface area contributed by atoms with E-state index in [4.69, 9.17) is 4.74 Å². The van der Waals surface area contributed by atoms with Crippen LogP contribution in [-0.4, -0.2) is 20.2 Å². The largest absolute Gasteiger partial charge is 0.497 e. The van der Waals surface area contributed by atoms with Gasteiger partial charge in [0.05, 0.1) is 7.11 Å². The lowest BCUT2D eigenvalue weighted by Crippen LogP contribution is -2.21. The molecule has 0 saturated carbocycles. The Bertz CT molecular complexity index is 468. The zero-order chi connectivity index (χ0) is 13.3. The Hall–Kier alpha value is -2.00. The summed E-state index contributed by atoms with van der Waals surface area (Å²) in [6.45, 7) is 2.72. The maximum absolute atomic E-state index is 5.13. The third-order valence-electron chi connectivity index (χ3n) is 2.89. The molecule has 19 heavy (non-hydrogen) atoms. The molecule has 2 rings (SSSR count). The predicted molar refractivity (Wildman–Crippen MR) is 79.6 cm³/mol. The van der Waals surface area contributed by atoms with Crippen LogP contribution in [0.3, 0.4) is 0 Å². The molecule has 2 aromatic carbocycles. The second-order valence-electron chi connectivity index (χ2n) is 4.32. The number of benzene rings is 2. The molecule has 0 saturated heterocycles. The van der Waals surface area contributed by atoms with Crippen molar-refractivity contribution in [2.45, 2.75) is 6.54 Å². The summed E-state index contributed by atoms with van der Waals surface area (Å²) >= 11 is 0. The molecule has 0 bridgehead atoms. The molecule has 3 heteroatoms. The molecule has 0 aliphatic carbocycles. The quantitative estimate of drug-likeness (QED) is 0.747. The third kappa shape index (κ3) is 4.64. The Kier molecular flexibility index (Phi) is 5.26. The van der Waals surface area contributed by atoms with Gasteiger partial charge in [0.1, 0.15) is 5.75 Å². The number of methoxy groups -OCH3 is 1. The number of rotatable bonds is 7. The molecule has 100 valence electrons. The first kappa shape index (κ1) is 13.4.